The van der Waals surface area contributed by atoms with Crippen molar-refractivity contribution in [1.29, 1.82) is 0 Å². The molecule has 0 bridgehead atoms. The minimum absolute atomic E-state index is 0.0265. The van der Waals surface area contributed by atoms with Gasteiger partial charge in [0.25, 0.3) is 0 Å². The summed E-state index contributed by atoms with van der Waals surface area (Å²) in [6, 6.07) is 23.3. The molecule has 0 aliphatic carbocycles. The number of phenols is 1. The number of phenolic OH excluding ortho intramolecular Hbond substituents is 1. The van der Waals surface area contributed by atoms with Gasteiger partial charge in [-0.2, -0.15) is 0 Å². The normalized spacial score (nSPS) is 13.0. The minimum atomic E-state index is -0.313. The van der Waals surface area contributed by atoms with Gasteiger partial charge < -0.3 is 9.84 Å². The predicted octanol–water partition coefficient (Wildman–Crippen LogP) is 4.02. The molecule has 7 heteroatoms. The standard InChI is InChI=1S/C23H23N5O2/c1-15(16-9-5-3-6-10-16)24-22(17-11-7-4-8-12-17)21-19(23-25-27-28-26-23)13-18(30-2)14-20(21)29/h3-15,22,24,29H,1-2H3,(H,25,26,27,28). The maximum Gasteiger partial charge on any atom is 0.180 e. The monoisotopic (exact) mass is 401 g/mol. The van der Waals surface area contributed by atoms with Gasteiger partial charge in [-0.25, -0.2) is 5.10 Å². The van der Waals surface area contributed by atoms with E-state index in [-0.39, 0.29) is 17.8 Å². The van der Waals surface area contributed by atoms with Crippen molar-refractivity contribution in [3.63, 3.8) is 0 Å². The molecule has 0 fully saturated rings. The Morgan fingerprint density at radius 1 is 0.967 bits per heavy atom. The molecule has 0 radical (unpaired) electrons. The van der Waals surface area contributed by atoms with E-state index in [9.17, 15) is 5.11 Å². The second kappa shape index (κ2) is 8.75. The van der Waals surface area contributed by atoms with Gasteiger partial charge in [-0.05, 0) is 34.5 Å². The molecule has 4 aromatic rings. The highest BCUT2D eigenvalue weighted by atomic mass is 16.5. The molecule has 152 valence electrons. The summed E-state index contributed by atoms with van der Waals surface area (Å²) < 4.78 is 5.36. The number of hydrogen-bond acceptors (Lipinski definition) is 6. The fraction of sp³-hybridized carbons (Fsp3) is 0.174. The third-order valence-electron chi connectivity index (χ3n) is 5.11. The molecule has 0 aliphatic rings. The number of aromatic nitrogens is 4. The van der Waals surface area contributed by atoms with Gasteiger partial charge in [-0.15, -0.1) is 5.10 Å². The lowest BCUT2D eigenvalue weighted by Gasteiger charge is -2.27. The summed E-state index contributed by atoms with van der Waals surface area (Å²) >= 11 is 0. The van der Waals surface area contributed by atoms with Crippen molar-refractivity contribution in [2.75, 3.05) is 7.11 Å². The first kappa shape index (κ1) is 19.6. The number of benzene rings is 3. The molecule has 30 heavy (non-hydrogen) atoms. The van der Waals surface area contributed by atoms with Crippen LogP contribution in [-0.2, 0) is 0 Å². The molecule has 1 heterocycles. The summed E-state index contributed by atoms with van der Waals surface area (Å²) in [5, 5.41) is 28.9. The van der Waals surface area contributed by atoms with Crippen molar-refractivity contribution < 1.29 is 9.84 Å². The summed E-state index contributed by atoms with van der Waals surface area (Å²) in [6.45, 7) is 2.10. The fourth-order valence-corrected chi connectivity index (χ4v) is 3.58. The van der Waals surface area contributed by atoms with E-state index in [1.165, 1.54) is 0 Å². The molecule has 0 saturated heterocycles. The van der Waals surface area contributed by atoms with Crippen LogP contribution in [0.1, 0.15) is 35.7 Å². The Morgan fingerprint density at radius 2 is 1.63 bits per heavy atom. The van der Waals surface area contributed by atoms with Crippen LogP contribution in [0.25, 0.3) is 11.4 Å². The first-order valence-electron chi connectivity index (χ1n) is 9.68. The lowest BCUT2D eigenvalue weighted by Crippen LogP contribution is -2.26. The van der Waals surface area contributed by atoms with Crippen molar-refractivity contribution >= 4 is 0 Å². The van der Waals surface area contributed by atoms with E-state index in [4.69, 9.17) is 4.74 Å². The van der Waals surface area contributed by atoms with Gasteiger partial charge in [0.15, 0.2) is 5.82 Å². The van der Waals surface area contributed by atoms with E-state index < -0.39 is 0 Å². The first-order chi connectivity index (χ1) is 14.7. The third kappa shape index (κ3) is 4.01. The molecular formula is C23H23N5O2. The number of rotatable bonds is 7. The molecule has 3 aromatic carbocycles. The highest BCUT2D eigenvalue weighted by molar-refractivity contribution is 5.68. The van der Waals surface area contributed by atoms with Crippen molar-refractivity contribution in [3.05, 3.63) is 89.5 Å². The number of nitrogens with one attached hydrogen (secondary N) is 2. The number of ether oxygens (including phenoxy) is 1. The molecule has 0 amide bonds. The average Bonchev–Trinajstić information content (AvgIpc) is 3.33. The Labute approximate surface area is 174 Å². The molecule has 0 saturated carbocycles. The maximum atomic E-state index is 11.0. The Morgan fingerprint density at radius 3 is 2.23 bits per heavy atom. The van der Waals surface area contributed by atoms with Gasteiger partial charge in [0.1, 0.15) is 11.5 Å². The van der Waals surface area contributed by atoms with Gasteiger partial charge >= 0.3 is 0 Å². The smallest absolute Gasteiger partial charge is 0.180 e. The molecule has 7 nitrogen and oxygen atoms in total. The quantitative estimate of drug-likeness (QED) is 0.433. The Hall–Kier alpha value is -3.71. The number of tetrazole rings is 1. The molecule has 0 aliphatic heterocycles. The number of aromatic hydroxyl groups is 1. The highest BCUT2D eigenvalue weighted by Gasteiger charge is 2.26. The van der Waals surface area contributed by atoms with E-state index >= 15 is 0 Å². The van der Waals surface area contributed by atoms with Gasteiger partial charge in [-0.1, -0.05) is 60.7 Å². The molecule has 1 aromatic heterocycles. The Balaban J connectivity index is 1.85. The lowest BCUT2D eigenvalue weighted by molar-refractivity contribution is 0.404. The topological polar surface area (TPSA) is 96.0 Å². The predicted molar refractivity (Wildman–Crippen MR) is 114 cm³/mol. The van der Waals surface area contributed by atoms with Gasteiger partial charge in [0, 0.05) is 23.2 Å². The molecule has 2 atom stereocenters. The molecule has 4 rings (SSSR count). The second-order valence-electron chi connectivity index (χ2n) is 7.00. The average molecular weight is 401 g/mol. The zero-order valence-electron chi connectivity index (χ0n) is 16.8. The number of nitrogens with zero attached hydrogens (tertiary/aromatic N) is 3. The summed E-state index contributed by atoms with van der Waals surface area (Å²) in [6.07, 6.45) is 0. The van der Waals surface area contributed by atoms with Crippen LogP contribution in [0.4, 0.5) is 0 Å². The number of methoxy groups -OCH3 is 1. The van der Waals surface area contributed by atoms with E-state index in [2.05, 4.69) is 45.0 Å². The molecule has 3 N–H and O–H groups in total. The molecule has 0 spiro atoms. The molecule has 2 unspecified atom stereocenters. The van der Waals surface area contributed by atoms with Gasteiger partial charge in [-0.3, -0.25) is 5.32 Å². The minimum Gasteiger partial charge on any atom is -0.507 e. The van der Waals surface area contributed by atoms with Gasteiger partial charge in [0.2, 0.25) is 0 Å². The zero-order chi connectivity index (χ0) is 20.9. The Bertz CT molecular complexity index is 1090. The van der Waals surface area contributed by atoms with E-state index in [0.717, 1.165) is 11.1 Å². The summed E-state index contributed by atoms with van der Waals surface area (Å²) in [7, 11) is 1.56. The Kier molecular flexibility index (Phi) is 5.72. The zero-order valence-corrected chi connectivity index (χ0v) is 16.8. The maximum absolute atomic E-state index is 11.0. The van der Waals surface area contributed by atoms with Crippen LogP contribution in [0.3, 0.4) is 0 Å². The van der Waals surface area contributed by atoms with Crippen LogP contribution in [0, 0.1) is 0 Å². The van der Waals surface area contributed by atoms with E-state index in [1.807, 2.05) is 54.6 Å². The summed E-state index contributed by atoms with van der Waals surface area (Å²) in [5.41, 5.74) is 3.49. The van der Waals surface area contributed by atoms with Crippen molar-refractivity contribution in [2.45, 2.75) is 19.0 Å². The van der Waals surface area contributed by atoms with Crippen molar-refractivity contribution in [2.24, 2.45) is 0 Å². The fourth-order valence-electron chi connectivity index (χ4n) is 3.58. The number of aromatic amines is 1. The lowest BCUT2D eigenvalue weighted by atomic mass is 9.91. The second-order valence-corrected chi connectivity index (χ2v) is 7.00. The third-order valence-corrected chi connectivity index (χ3v) is 5.11. The van der Waals surface area contributed by atoms with E-state index in [0.29, 0.717) is 22.7 Å². The number of hydrogen-bond donors (Lipinski definition) is 3. The number of H-pyrrole nitrogens is 1. The van der Waals surface area contributed by atoms with E-state index in [1.54, 1.807) is 13.2 Å². The highest BCUT2D eigenvalue weighted by Crippen LogP contribution is 2.40. The SMILES string of the molecule is COc1cc(O)c(C(NC(C)c2ccccc2)c2ccccc2)c(-c2nnn[nH]2)c1. The van der Waals surface area contributed by atoms with Crippen LogP contribution in [0.5, 0.6) is 11.5 Å². The largest absolute Gasteiger partial charge is 0.507 e. The van der Waals surface area contributed by atoms with Crippen LogP contribution in [0.2, 0.25) is 0 Å². The van der Waals surface area contributed by atoms with Crippen LogP contribution in [-0.4, -0.2) is 32.8 Å². The summed E-state index contributed by atoms with van der Waals surface area (Å²) in [5.74, 6) is 1.07. The van der Waals surface area contributed by atoms with Crippen molar-refractivity contribution in [1.82, 2.24) is 25.9 Å². The van der Waals surface area contributed by atoms with Crippen LogP contribution >= 0.6 is 0 Å². The van der Waals surface area contributed by atoms with Crippen LogP contribution in [0.15, 0.2) is 72.8 Å². The molecular weight excluding hydrogens is 378 g/mol. The van der Waals surface area contributed by atoms with Crippen molar-refractivity contribution in [3.8, 4) is 22.9 Å². The summed E-state index contributed by atoms with van der Waals surface area (Å²) in [4.78, 5) is 0. The van der Waals surface area contributed by atoms with Crippen LogP contribution < -0.4 is 10.1 Å². The first-order valence-corrected chi connectivity index (χ1v) is 9.68. The van der Waals surface area contributed by atoms with Gasteiger partial charge in [0.05, 0.1) is 13.2 Å².